The van der Waals surface area contributed by atoms with E-state index in [-0.39, 0.29) is 13.2 Å². The molecule has 0 atom stereocenters. The van der Waals surface area contributed by atoms with Crippen molar-refractivity contribution in [1.82, 2.24) is 9.80 Å². The molecular formula is C10H18N2O6. The second-order valence-electron chi connectivity index (χ2n) is 3.64. The molecule has 3 N–H and O–H groups in total. The Morgan fingerprint density at radius 2 is 1.44 bits per heavy atom. The standard InChI is InChI=1S/C10H18N2O6/c1-2-3-11(4-5-13)10(18)12(6-8(14)15)7-9(16)17/h13H,2-7H2,1H3,(H,14,15)(H,16,17). The molecule has 0 heterocycles. The van der Waals surface area contributed by atoms with Crippen LogP contribution in [0.15, 0.2) is 0 Å². The van der Waals surface area contributed by atoms with E-state index in [1.807, 2.05) is 6.92 Å². The predicted molar refractivity (Wildman–Crippen MR) is 61.2 cm³/mol. The minimum absolute atomic E-state index is 0.0441. The average molecular weight is 262 g/mol. The van der Waals surface area contributed by atoms with E-state index in [0.29, 0.717) is 13.0 Å². The highest BCUT2D eigenvalue weighted by Gasteiger charge is 2.24. The zero-order valence-corrected chi connectivity index (χ0v) is 10.2. The Balaban J connectivity index is 4.76. The molecule has 0 aliphatic heterocycles. The smallest absolute Gasteiger partial charge is 0.323 e. The molecule has 0 saturated carbocycles. The number of aliphatic hydroxyl groups is 1. The van der Waals surface area contributed by atoms with Gasteiger partial charge in [-0.05, 0) is 6.42 Å². The summed E-state index contributed by atoms with van der Waals surface area (Å²) in [5.41, 5.74) is 0. The van der Waals surface area contributed by atoms with Crippen LogP contribution in [0.3, 0.4) is 0 Å². The molecule has 0 radical (unpaired) electrons. The van der Waals surface area contributed by atoms with Gasteiger partial charge in [0.1, 0.15) is 13.1 Å². The monoisotopic (exact) mass is 262 g/mol. The SMILES string of the molecule is CCCN(CCO)C(=O)N(CC(=O)O)CC(=O)O. The van der Waals surface area contributed by atoms with E-state index in [4.69, 9.17) is 15.3 Å². The van der Waals surface area contributed by atoms with Gasteiger partial charge in [0.2, 0.25) is 0 Å². The Morgan fingerprint density at radius 3 is 1.78 bits per heavy atom. The van der Waals surface area contributed by atoms with Gasteiger partial charge in [0.15, 0.2) is 0 Å². The highest BCUT2D eigenvalue weighted by molar-refractivity contribution is 5.84. The summed E-state index contributed by atoms with van der Waals surface area (Å²) in [6.07, 6.45) is 0.625. The molecule has 0 spiro atoms. The van der Waals surface area contributed by atoms with Crippen molar-refractivity contribution in [2.45, 2.75) is 13.3 Å². The molecule has 0 aromatic carbocycles. The molecule has 18 heavy (non-hydrogen) atoms. The summed E-state index contributed by atoms with van der Waals surface area (Å²) < 4.78 is 0. The molecule has 8 heteroatoms. The lowest BCUT2D eigenvalue weighted by molar-refractivity contribution is -0.140. The average Bonchev–Trinajstić information content (AvgIpc) is 2.25. The summed E-state index contributed by atoms with van der Waals surface area (Å²) in [6, 6.07) is -0.698. The lowest BCUT2D eigenvalue weighted by Gasteiger charge is -2.28. The van der Waals surface area contributed by atoms with E-state index < -0.39 is 31.1 Å². The van der Waals surface area contributed by atoms with Gasteiger partial charge >= 0.3 is 18.0 Å². The van der Waals surface area contributed by atoms with Gasteiger partial charge in [0, 0.05) is 13.1 Å². The third kappa shape index (κ3) is 6.04. The van der Waals surface area contributed by atoms with Gasteiger partial charge in [0.05, 0.1) is 6.61 Å². The molecule has 0 aliphatic carbocycles. The molecule has 0 rings (SSSR count). The highest BCUT2D eigenvalue weighted by Crippen LogP contribution is 2.01. The maximum absolute atomic E-state index is 11.9. The molecule has 2 amide bonds. The first-order chi connectivity index (χ1) is 8.42. The van der Waals surface area contributed by atoms with Crippen LogP contribution in [0, 0.1) is 0 Å². The lowest BCUT2D eigenvalue weighted by Crippen LogP contribution is -2.48. The fourth-order valence-electron chi connectivity index (χ4n) is 1.41. The minimum Gasteiger partial charge on any atom is -0.480 e. The van der Waals surface area contributed by atoms with E-state index in [0.717, 1.165) is 4.90 Å². The Kier molecular flexibility index (Phi) is 7.45. The first kappa shape index (κ1) is 16.2. The number of urea groups is 1. The molecule has 0 unspecified atom stereocenters. The topological polar surface area (TPSA) is 118 Å². The van der Waals surface area contributed by atoms with Gasteiger partial charge in [-0.25, -0.2) is 4.79 Å². The Morgan fingerprint density at radius 1 is 0.944 bits per heavy atom. The second-order valence-corrected chi connectivity index (χ2v) is 3.64. The van der Waals surface area contributed by atoms with Crippen molar-refractivity contribution in [2.75, 3.05) is 32.8 Å². The fourth-order valence-corrected chi connectivity index (χ4v) is 1.41. The van der Waals surface area contributed by atoms with Crippen LogP contribution < -0.4 is 0 Å². The van der Waals surface area contributed by atoms with Gasteiger partial charge in [-0.15, -0.1) is 0 Å². The molecule has 0 bridgehead atoms. The number of carboxylic acids is 2. The summed E-state index contributed by atoms with van der Waals surface area (Å²) in [4.78, 5) is 35.0. The molecule has 8 nitrogen and oxygen atoms in total. The summed E-state index contributed by atoms with van der Waals surface area (Å²) >= 11 is 0. The zero-order valence-electron chi connectivity index (χ0n) is 10.2. The molecule has 0 aliphatic rings. The van der Waals surface area contributed by atoms with Crippen LogP contribution in [0.2, 0.25) is 0 Å². The number of carboxylic acid groups (broad SMARTS) is 2. The van der Waals surface area contributed by atoms with E-state index in [1.54, 1.807) is 0 Å². The number of rotatable bonds is 8. The fraction of sp³-hybridized carbons (Fsp3) is 0.700. The number of aliphatic carboxylic acids is 2. The van der Waals surface area contributed by atoms with Gasteiger partial charge in [-0.1, -0.05) is 6.92 Å². The van der Waals surface area contributed by atoms with Crippen LogP contribution >= 0.6 is 0 Å². The Bertz CT molecular complexity index is 285. The van der Waals surface area contributed by atoms with Crippen LogP contribution in [0.25, 0.3) is 0 Å². The Hall–Kier alpha value is -1.83. The summed E-state index contributed by atoms with van der Waals surface area (Å²) in [5.74, 6) is -2.57. The Labute approximate surface area is 104 Å². The van der Waals surface area contributed by atoms with Crippen molar-refractivity contribution in [2.24, 2.45) is 0 Å². The first-order valence-corrected chi connectivity index (χ1v) is 5.50. The van der Waals surface area contributed by atoms with Crippen LogP contribution in [0.5, 0.6) is 0 Å². The second kappa shape index (κ2) is 8.29. The molecule has 104 valence electrons. The normalized spacial score (nSPS) is 9.89. The van der Waals surface area contributed by atoms with E-state index in [2.05, 4.69) is 0 Å². The molecule has 0 fully saturated rings. The predicted octanol–water partition coefficient (Wildman–Crippen LogP) is -0.718. The maximum atomic E-state index is 11.9. The van der Waals surface area contributed by atoms with Crippen LogP contribution in [0.4, 0.5) is 4.79 Å². The number of amides is 2. The lowest BCUT2D eigenvalue weighted by atomic mass is 10.4. The number of hydrogen-bond donors (Lipinski definition) is 3. The third-order valence-electron chi connectivity index (χ3n) is 2.06. The van der Waals surface area contributed by atoms with Gasteiger partial charge in [-0.3, -0.25) is 9.59 Å². The zero-order chi connectivity index (χ0) is 14.1. The van der Waals surface area contributed by atoms with Crippen LogP contribution in [-0.2, 0) is 9.59 Å². The maximum Gasteiger partial charge on any atom is 0.323 e. The number of aliphatic hydroxyl groups excluding tert-OH is 1. The molecule has 0 aromatic heterocycles. The number of hydrogen-bond acceptors (Lipinski definition) is 4. The largest absolute Gasteiger partial charge is 0.480 e. The number of carbonyl (C=O) groups excluding carboxylic acids is 1. The molecule has 0 aromatic rings. The van der Waals surface area contributed by atoms with E-state index in [1.165, 1.54) is 4.90 Å². The quantitative estimate of drug-likeness (QED) is 0.531. The van der Waals surface area contributed by atoms with Crippen molar-refractivity contribution in [3.8, 4) is 0 Å². The highest BCUT2D eigenvalue weighted by atomic mass is 16.4. The van der Waals surface area contributed by atoms with Crippen LogP contribution in [-0.4, -0.2) is 75.9 Å². The first-order valence-electron chi connectivity index (χ1n) is 5.50. The van der Waals surface area contributed by atoms with Crippen LogP contribution in [0.1, 0.15) is 13.3 Å². The van der Waals surface area contributed by atoms with E-state index in [9.17, 15) is 14.4 Å². The minimum atomic E-state index is -1.29. The summed E-state index contributed by atoms with van der Waals surface area (Å²) in [7, 11) is 0. The van der Waals surface area contributed by atoms with Gasteiger partial charge < -0.3 is 25.1 Å². The van der Waals surface area contributed by atoms with Crippen molar-refractivity contribution >= 4 is 18.0 Å². The van der Waals surface area contributed by atoms with Gasteiger partial charge in [-0.2, -0.15) is 0 Å². The van der Waals surface area contributed by atoms with Crippen molar-refractivity contribution < 1.29 is 29.7 Å². The van der Waals surface area contributed by atoms with Gasteiger partial charge in [0.25, 0.3) is 0 Å². The molecule has 0 saturated heterocycles. The van der Waals surface area contributed by atoms with Crippen molar-refractivity contribution in [1.29, 1.82) is 0 Å². The van der Waals surface area contributed by atoms with Crippen molar-refractivity contribution in [3.05, 3.63) is 0 Å². The van der Waals surface area contributed by atoms with E-state index >= 15 is 0 Å². The third-order valence-corrected chi connectivity index (χ3v) is 2.06. The van der Waals surface area contributed by atoms with Crippen molar-refractivity contribution in [3.63, 3.8) is 0 Å². The summed E-state index contributed by atoms with van der Waals surface area (Å²) in [5, 5.41) is 26.1. The number of nitrogens with zero attached hydrogens (tertiary/aromatic N) is 2. The molecular weight excluding hydrogens is 244 g/mol. The number of carbonyl (C=O) groups is 3. The summed E-state index contributed by atoms with van der Waals surface area (Å²) in [6.45, 7) is 0.557.